The van der Waals surface area contributed by atoms with Crippen molar-refractivity contribution in [2.24, 2.45) is 11.7 Å². The maximum Gasteiger partial charge on any atom is 0.223 e. The number of benzene rings is 2. The average Bonchev–Trinajstić information content (AvgIpc) is 3.31. The third-order valence-electron chi connectivity index (χ3n) is 5.80. The van der Waals surface area contributed by atoms with Gasteiger partial charge in [0.15, 0.2) is 0 Å². The number of hydrogen-bond acceptors (Lipinski definition) is 3. The van der Waals surface area contributed by atoms with Crippen LogP contribution in [-0.4, -0.2) is 29.0 Å². The topological polar surface area (TPSA) is 83.8 Å². The Kier molecular flexibility index (Phi) is 12.5. The van der Waals surface area contributed by atoms with E-state index in [1.54, 1.807) is 6.33 Å². The third kappa shape index (κ3) is 9.30. The Labute approximate surface area is 218 Å². The number of fused-ring (bicyclic) bond motifs is 1. The largest absolute Gasteiger partial charge is 0.356 e. The number of carbonyl (C=O) groups is 1. The molecule has 184 valence electrons. The number of nitrogens with one attached hydrogen (secondary N) is 2. The second kappa shape index (κ2) is 15.0. The molecule has 0 radical (unpaired) electrons. The van der Waals surface area contributed by atoms with Crippen LogP contribution in [0.25, 0.3) is 0 Å². The van der Waals surface area contributed by atoms with E-state index in [2.05, 4.69) is 15.3 Å². The van der Waals surface area contributed by atoms with Crippen molar-refractivity contribution in [1.82, 2.24) is 15.3 Å². The van der Waals surface area contributed by atoms with Crippen LogP contribution in [0.15, 0.2) is 54.9 Å². The molecule has 0 fully saturated rings. The summed E-state index contributed by atoms with van der Waals surface area (Å²) in [4.78, 5) is 19.6. The number of rotatable bonds is 8. The van der Waals surface area contributed by atoms with Gasteiger partial charge in [-0.15, -0.1) is 12.4 Å². The van der Waals surface area contributed by atoms with E-state index in [9.17, 15) is 4.79 Å². The molecular weight excluding hydrogens is 491 g/mol. The Morgan fingerprint density at radius 1 is 1.00 bits per heavy atom. The summed E-state index contributed by atoms with van der Waals surface area (Å²) in [7, 11) is 0. The second-order valence-electron chi connectivity index (χ2n) is 8.31. The normalized spacial score (nSPS) is 14.3. The molecule has 8 heteroatoms. The van der Waals surface area contributed by atoms with Gasteiger partial charge in [0.1, 0.15) is 0 Å². The number of nitrogens with zero attached hydrogens (tertiary/aromatic N) is 1. The zero-order chi connectivity index (χ0) is 23.5. The molecule has 0 bridgehead atoms. The molecule has 0 saturated carbocycles. The molecule has 0 saturated heterocycles. The maximum atomic E-state index is 12.2. The van der Waals surface area contributed by atoms with Crippen LogP contribution < -0.4 is 11.1 Å². The quantitative estimate of drug-likeness (QED) is 0.338. The number of halogens is 3. The van der Waals surface area contributed by atoms with Crippen LogP contribution in [0.3, 0.4) is 0 Å². The van der Waals surface area contributed by atoms with Gasteiger partial charge in [-0.05, 0) is 80.5 Å². The fourth-order valence-electron chi connectivity index (χ4n) is 3.88. The van der Waals surface area contributed by atoms with E-state index < -0.39 is 0 Å². The number of aryl methyl sites for hydroxylation is 3. The lowest BCUT2D eigenvalue weighted by molar-refractivity contribution is -0.125. The molecule has 0 spiro atoms. The number of aromatic amines is 1. The van der Waals surface area contributed by atoms with Crippen LogP contribution in [0.5, 0.6) is 0 Å². The van der Waals surface area contributed by atoms with Gasteiger partial charge in [0, 0.05) is 34.6 Å². The summed E-state index contributed by atoms with van der Waals surface area (Å²) >= 11 is 11.6. The number of aromatic nitrogens is 2. The molecule has 1 heterocycles. The highest BCUT2D eigenvalue weighted by Gasteiger charge is 2.25. The molecule has 2 aromatic carbocycles. The third-order valence-corrected chi connectivity index (χ3v) is 6.30. The summed E-state index contributed by atoms with van der Waals surface area (Å²) in [6.07, 6.45) is 8.26. The Balaban J connectivity index is 0.000000289. The summed E-state index contributed by atoms with van der Waals surface area (Å²) < 4.78 is 0. The second-order valence-corrected chi connectivity index (χ2v) is 9.18. The van der Waals surface area contributed by atoms with E-state index in [1.807, 2.05) is 48.5 Å². The van der Waals surface area contributed by atoms with Crippen molar-refractivity contribution < 1.29 is 4.79 Å². The summed E-state index contributed by atoms with van der Waals surface area (Å²) in [6, 6.07) is 15.8. The van der Waals surface area contributed by atoms with E-state index in [-0.39, 0.29) is 24.2 Å². The van der Waals surface area contributed by atoms with Gasteiger partial charge >= 0.3 is 0 Å². The lowest BCUT2D eigenvalue weighted by Gasteiger charge is -2.20. The van der Waals surface area contributed by atoms with E-state index in [0.717, 1.165) is 72.9 Å². The lowest BCUT2D eigenvalue weighted by atomic mass is 9.89. The average molecular weight is 524 g/mol. The lowest BCUT2D eigenvalue weighted by Crippen LogP contribution is -2.34. The summed E-state index contributed by atoms with van der Waals surface area (Å²) in [5, 5.41) is 4.61. The first-order chi connectivity index (χ1) is 16.0. The van der Waals surface area contributed by atoms with Crippen molar-refractivity contribution in [3.05, 3.63) is 87.4 Å². The molecule has 4 rings (SSSR count). The molecule has 1 atom stereocenters. The van der Waals surface area contributed by atoms with Gasteiger partial charge in [0.05, 0.1) is 12.0 Å². The predicted molar refractivity (Wildman–Crippen MR) is 143 cm³/mol. The van der Waals surface area contributed by atoms with Gasteiger partial charge in [0.2, 0.25) is 5.91 Å². The Hall–Kier alpha value is -2.05. The summed E-state index contributed by atoms with van der Waals surface area (Å²) in [6.45, 7) is 1.47. The first-order valence-electron chi connectivity index (χ1n) is 11.5. The number of imidazole rings is 1. The maximum absolute atomic E-state index is 12.2. The molecule has 4 N–H and O–H groups in total. The van der Waals surface area contributed by atoms with E-state index >= 15 is 0 Å². The van der Waals surface area contributed by atoms with Gasteiger partial charge in [-0.1, -0.05) is 47.5 Å². The van der Waals surface area contributed by atoms with E-state index in [0.29, 0.717) is 6.54 Å². The fraction of sp³-hybridized carbons (Fsp3) is 0.385. The minimum Gasteiger partial charge on any atom is -0.356 e. The van der Waals surface area contributed by atoms with Crippen molar-refractivity contribution >= 4 is 41.5 Å². The standard InChI is InChI=1S/C17H20ClN3O.C9H12ClN.ClH/c18-14-6-3-12(4-7-14)2-1-9-19-17(22)13-5-8-15-16(10-13)21-11-20-15;10-9-5-3-8(4-6-9)2-1-7-11;/h3-4,6-7,11,13H,1-2,5,8-10H2,(H,19,22)(H,20,21);3-6H,1-2,7,11H2;1H. The van der Waals surface area contributed by atoms with E-state index in [4.69, 9.17) is 28.9 Å². The molecule has 1 amide bonds. The molecule has 1 unspecified atom stereocenters. The smallest absolute Gasteiger partial charge is 0.223 e. The van der Waals surface area contributed by atoms with Gasteiger partial charge in [-0.3, -0.25) is 4.79 Å². The Morgan fingerprint density at radius 3 is 2.18 bits per heavy atom. The Morgan fingerprint density at radius 2 is 1.59 bits per heavy atom. The zero-order valence-electron chi connectivity index (χ0n) is 19.2. The summed E-state index contributed by atoms with van der Waals surface area (Å²) in [5.41, 5.74) is 10.2. The zero-order valence-corrected chi connectivity index (χ0v) is 21.6. The predicted octanol–water partition coefficient (Wildman–Crippen LogP) is 5.57. The first kappa shape index (κ1) is 28.2. The van der Waals surface area contributed by atoms with E-state index in [1.165, 1.54) is 11.1 Å². The fourth-order valence-corrected chi connectivity index (χ4v) is 4.13. The minimum absolute atomic E-state index is 0. The van der Waals surface area contributed by atoms with Crippen molar-refractivity contribution in [2.45, 2.75) is 44.9 Å². The minimum atomic E-state index is 0. The van der Waals surface area contributed by atoms with Crippen LogP contribution in [0.4, 0.5) is 0 Å². The van der Waals surface area contributed by atoms with Crippen LogP contribution in [0.2, 0.25) is 10.0 Å². The van der Waals surface area contributed by atoms with Gasteiger partial charge in [0.25, 0.3) is 0 Å². The number of carbonyl (C=O) groups excluding carboxylic acids is 1. The first-order valence-corrected chi connectivity index (χ1v) is 12.3. The van der Waals surface area contributed by atoms with Gasteiger partial charge in [-0.25, -0.2) is 4.98 Å². The molecular formula is C26H33Cl3N4O. The van der Waals surface area contributed by atoms with Gasteiger partial charge in [-0.2, -0.15) is 0 Å². The van der Waals surface area contributed by atoms with Crippen LogP contribution in [0.1, 0.15) is 41.8 Å². The van der Waals surface area contributed by atoms with Crippen molar-refractivity contribution in [3.63, 3.8) is 0 Å². The van der Waals surface area contributed by atoms with Crippen LogP contribution >= 0.6 is 35.6 Å². The molecule has 5 nitrogen and oxygen atoms in total. The molecule has 0 aliphatic heterocycles. The van der Waals surface area contributed by atoms with Gasteiger partial charge < -0.3 is 16.0 Å². The highest BCUT2D eigenvalue weighted by molar-refractivity contribution is 6.30. The monoisotopic (exact) mass is 522 g/mol. The van der Waals surface area contributed by atoms with Crippen molar-refractivity contribution in [3.8, 4) is 0 Å². The highest BCUT2D eigenvalue weighted by Crippen LogP contribution is 2.22. The Bertz CT molecular complexity index is 990. The molecule has 1 aliphatic rings. The molecule has 34 heavy (non-hydrogen) atoms. The molecule has 1 aliphatic carbocycles. The molecule has 1 aromatic heterocycles. The number of nitrogens with two attached hydrogens (primary N) is 1. The highest BCUT2D eigenvalue weighted by atomic mass is 35.5. The van der Waals surface area contributed by atoms with Crippen LogP contribution in [-0.2, 0) is 30.5 Å². The number of hydrogen-bond donors (Lipinski definition) is 3. The molecule has 3 aromatic rings. The summed E-state index contributed by atoms with van der Waals surface area (Å²) in [5.74, 6) is 0.236. The number of H-pyrrole nitrogens is 1. The van der Waals surface area contributed by atoms with Crippen molar-refractivity contribution in [1.29, 1.82) is 0 Å². The SMILES string of the molecule is Cl.NCCCc1ccc(Cl)cc1.O=C(NCCCc1ccc(Cl)cc1)C1CCc2nc[nH]c2C1. The number of amides is 1. The van der Waals surface area contributed by atoms with Crippen molar-refractivity contribution in [2.75, 3.05) is 13.1 Å². The van der Waals surface area contributed by atoms with Crippen LogP contribution in [0, 0.1) is 5.92 Å².